The van der Waals surface area contributed by atoms with Crippen LogP contribution in [-0.2, 0) is 6.18 Å². The van der Waals surface area contributed by atoms with E-state index in [0.29, 0.717) is 22.6 Å². The number of benzene rings is 3. The molecule has 13 heteroatoms. The van der Waals surface area contributed by atoms with Crippen molar-refractivity contribution in [1.29, 1.82) is 0 Å². The number of nitrogens with one attached hydrogen (secondary N) is 2. The van der Waals surface area contributed by atoms with Gasteiger partial charge in [-0.3, -0.25) is 5.43 Å². The third-order valence-electron chi connectivity index (χ3n) is 4.53. The molecular weight excluding hydrogens is 522 g/mol. The van der Waals surface area contributed by atoms with E-state index in [2.05, 4.69) is 25.7 Å². The average molecular weight is 540 g/mol. The van der Waals surface area contributed by atoms with Gasteiger partial charge in [-0.2, -0.15) is 18.3 Å². The van der Waals surface area contributed by atoms with Crippen LogP contribution < -0.4 is 20.3 Å². The molecule has 0 saturated heterocycles. The zero-order valence-electron chi connectivity index (χ0n) is 18.9. The number of oxime groups is 1. The van der Waals surface area contributed by atoms with Crippen molar-refractivity contribution in [1.82, 2.24) is 5.43 Å². The van der Waals surface area contributed by atoms with Crippen LogP contribution in [0.1, 0.15) is 23.6 Å². The molecule has 3 aromatic carbocycles. The second-order valence-electron chi connectivity index (χ2n) is 7.28. The van der Waals surface area contributed by atoms with Crippen LogP contribution >= 0.6 is 12.2 Å². The van der Waals surface area contributed by atoms with Gasteiger partial charge in [0.1, 0.15) is 5.75 Å². The number of hydrogen-bond acceptors (Lipinski definition) is 5. The Kier molecular flexibility index (Phi) is 8.71. The lowest BCUT2D eigenvalue weighted by Gasteiger charge is -2.14. The van der Waals surface area contributed by atoms with Crippen LogP contribution in [0.15, 0.2) is 83.1 Å². The number of halogens is 6. The van der Waals surface area contributed by atoms with Crippen LogP contribution in [0.5, 0.6) is 11.5 Å². The van der Waals surface area contributed by atoms with Crippen molar-refractivity contribution in [3.8, 4) is 11.5 Å². The van der Waals surface area contributed by atoms with E-state index < -0.39 is 18.1 Å². The first-order valence-corrected chi connectivity index (χ1v) is 10.8. The third kappa shape index (κ3) is 8.79. The van der Waals surface area contributed by atoms with E-state index in [1.807, 2.05) is 0 Å². The van der Waals surface area contributed by atoms with E-state index >= 15 is 0 Å². The number of hydrazone groups is 1. The van der Waals surface area contributed by atoms with Crippen LogP contribution in [0.2, 0.25) is 0 Å². The largest absolute Gasteiger partial charge is 0.573 e. The van der Waals surface area contributed by atoms with Gasteiger partial charge >= 0.3 is 12.5 Å². The molecular formula is C24H18F6N4O2S. The summed E-state index contributed by atoms with van der Waals surface area (Å²) in [6.45, 7) is 1.62. The minimum Gasteiger partial charge on any atom is -0.406 e. The van der Waals surface area contributed by atoms with E-state index in [-0.39, 0.29) is 16.5 Å². The highest BCUT2D eigenvalue weighted by atomic mass is 32.1. The van der Waals surface area contributed by atoms with Crippen LogP contribution in [0.25, 0.3) is 0 Å². The first-order valence-electron chi connectivity index (χ1n) is 10.3. The van der Waals surface area contributed by atoms with Gasteiger partial charge in [-0.1, -0.05) is 17.3 Å². The van der Waals surface area contributed by atoms with Gasteiger partial charge in [0.05, 0.1) is 23.2 Å². The molecule has 194 valence electrons. The second kappa shape index (κ2) is 11.7. The number of thiocarbonyl (C=S) groups is 1. The number of rotatable bonds is 7. The highest BCUT2D eigenvalue weighted by Crippen LogP contribution is 2.34. The number of alkyl halides is 6. The summed E-state index contributed by atoms with van der Waals surface area (Å²) in [5.41, 5.74) is 2.96. The van der Waals surface area contributed by atoms with Crippen LogP contribution in [0, 0.1) is 0 Å². The molecule has 0 atom stereocenters. The lowest BCUT2D eigenvalue weighted by Crippen LogP contribution is -2.25. The molecule has 0 unspecified atom stereocenters. The summed E-state index contributed by atoms with van der Waals surface area (Å²) in [7, 11) is 0. The maximum absolute atomic E-state index is 13.1. The fraction of sp³-hybridized carbons (Fsp3) is 0.125. The molecule has 3 rings (SSSR count). The van der Waals surface area contributed by atoms with Crippen LogP contribution in [-0.4, -0.2) is 23.4 Å². The lowest BCUT2D eigenvalue weighted by atomic mass is 10.1. The lowest BCUT2D eigenvalue weighted by molar-refractivity contribution is -0.274. The smallest absolute Gasteiger partial charge is 0.406 e. The molecule has 0 aliphatic carbocycles. The molecule has 0 amide bonds. The Balaban J connectivity index is 1.52. The van der Waals surface area contributed by atoms with E-state index in [1.165, 1.54) is 48.7 Å². The third-order valence-corrected chi connectivity index (χ3v) is 4.73. The van der Waals surface area contributed by atoms with Gasteiger partial charge < -0.3 is 14.9 Å². The maximum Gasteiger partial charge on any atom is 0.573 e. The Morgan fingerprint density at radius 3 is 2.11 bits per heavy atom. The van der Waals surface area contributed by atoms with Crippen molar-refractivity contribution in [2.24, 2.45) is 10.3 Å². The topological polar surface area (TPSA) is 67.2 Å². The van der Waals surface area contributed by atoms with Crippen molar-refractivity contribution >= 4 is 34.9 Å². The molecule has 0 radical (unpaired) electrons. The van der Waals surface area contributed by atoms with Crippen LogP contribution in [0.4, 0.5) is 32.0 Å². The summed E-state index contributed by atoms with van der Waals surface area (Å²) < 4.78 is 79.8. The SMILES string of the molecule is C/C(=N\Oc1ccc(/C=N/NC(=S)Nc2ccccc2C(F)(F)F)cc1)c1ccc(OC(F)(F)F)cc1. The molecule has 6 nitrogen and oxygen atoms in total. The minimum atomic E-state index is -4.77. The first kappa shape index (κ1) is 27.5. The summed E-state index contributed by atoms with van der Waals surface area (Å²) >= 11 is 4.99. The summed E-state index contributed by atoms with van der Waals surface area (Å²) in [6, 6.07) is 16.5. The molecule has 0 fully saturated rings. The predicted octanol–water partition coefficient (Wildman–Crippen LogP) is 6.73. The summed E-state index contributed by atoms with van der Waals surface area (Å²) in [6.07, 6.45) is -7.91. The van der Waals surface area contributed by atoms with Gasteiger partial charge in [-0.05, 0) is 90.9 Å². The molecule has 0 saturated carbocycles. The van der Waals surface area contributed by atoms with Gasteiger partial charge in [0.15, 0.2) is 10.9 Å². The van der Waals surface area contributed by atoms with E-state index in [0.717, 1.165) is 6.07 Å². The van der Waals surface area contributed by atoms with E-state index in [9.17, 15) is 26.3 Å². The van der Waals surface area contributed by atoms with Gasteiger partial charge in [-0.25, -0.2) is 0 Å². The Hall–Kier alpha value is -4.13. The Labute approximate surface area is 212 Å². The maximum atomic E-state index is 13.1. The van der Waals surface area contributed by atoms with E-state index in [4.69, 9.17) is 17.1 Å². The minimum absolute atomic E-state index is 0.129. The summed E-state index contributed by atoms with van der Waals surface area (Å²) in [5, 5.41) is 10.2. The quantitative estimate of drug-likeness (QED) is 0.151. The monoisotopic (exact) mass is 540 g/mol. The zero-order valence-corrected chi connectivity index (χ0v) is 19.7. The predicted molar refractivity (Wildman–Crippen MR) is 131 cm³/mol. The van der Waals surface area contributed by atoms with Crippen molar-refractivity contribution in [2.75, 3.05) is 5.32 Å². The first-order chi connectivity index (χ1) is 17.4. The number of hydrogen-bond donors (Lipinski definition) is 2. The average Bonchev–Trinajstić information content (AvgIpc) is 2.82. The number of anilines is 1. The van der Waals surface area contributed by atoms with Crippen molar-refractivity contribution in [3.63, 3.8) is 0 Å². The Morgan fingerprint density at radius 1 is 0.865 bits per heavy atom. The molecule has 37 heavy (non-hydrogen) atoms. The summed E-state index contributed by atoms with van der Waals surface area (Å²) in [4.78, 5) is 5.33. The fourth-order valence-electron chi connectivity index (χ4n) is 2.84. The van der Waals surface area contributed by atoms with Crippen molar-refractivity contribution in [2.45, 2.75) is 19.5 Å². The van der Waals surface area contributed by atoms with Gasteiger partial charge in [0.2, 0.25) is 0 Å². The molecule has 0 heterocycles. The number of nitrogens with zero attached hydrogens (tertiary/aromatic N) is 2. The standard InChI is InChI=1S/C24H18F6N4O2S/c1-15(17-8-12-18(13-9-17)35-24(28,29)30)34-36-19-10-6-16(7-11-19)14-31-33-22(37)32-21-5-3-2-4-20(21)23(25,26)27/h2-14H,1H3,(H2,32,33,37)/b31-14+,34-15+. The molecule has 0 bridgehead atoms. The van der Waals surface area contributed by atoms with Gasteiger partial charge in [0.25, 0.3) is 0 Å². The molecule has 0 aromatic heterocycles. The highest BCUT2D eigenvalue weighted by Gasteiger charge is 2.33. The molecule has 2 N–H and O–H groups in total. The van der Waals surface area contributed by atoms with Crippen LogP contribution in [0.3, 0.4) is 0 Å². The molecule has 3 aromatic rings. The number of ether oxygens (including phenoxy) is 1. The molecule has 0 spiro atoms. The summed E-state index contributed by atoms with van der Waals surface area (Å²) in [5.74, 6) is 0.0295. The zero-order chi connectivity index (χ0) is 27.1. The van der Waals surface area contributed by atoms with Crippen molar-refractivity contribution < 1.29 is 35.9 Å². The fourth-order valence-corrected chi connectivity index (χ4v) is 3.00. The Bertz CT molecular complexity index is 1270. The van der Waals surface area contributed by atoms with E-state index in [1.54, 1.807) is 31.2 Å². The highest BCUT2D eigenvalue weighted by molar-refractivity contribution is 7.80. The Morgan fingerprint density at radius 2 is 1.49 bits per heavy atom. The van der Waals surface area contributed by atoms with Gasteiger partial charge in [0, 0.05) is 0 Å². The second-order valence-corrected chi connectivity index (χ2v) is 7.68. The molecule has 0 aliphatic rings. The van der Waals surface area contributed by atoms with Gasteiger partial charge in [-0.15, -0.1) is 13.2 Å². The normalized spacial score (nSPS) is 12.4. The number of para-hydroxylation sites is 1. The van der Waals surface area contributed by atoms with Crippen molar-refractivity contribution in [3.05, 3.63) is 89.5 Å². The molecule has 0 aliphatic heterocycles.